The lowest BCUT2D eigenvalue weighted by Crippen LogP contribution is -2.39. The zero-order valence-corrected chi connectivity index (χ0v) is 16.3. The monoisotopic (exact) mass is 394 g/mol. The van der Waals surface area contributed by atoms with E-state index >= 15 is 0 Å². The summed E-state index contributed by atoms with van der Waals surface area (Å²) in [5.41, 5.74) is 1.27. The van der Waals surface area contributed by atoms with Crippen LogP contribution in [0.4, 0.5) is 5.69 Å². The molecule has 0 aliphatic rings. The molecule has 3 aromatic rings. The second-order valence-electron chi connectivity index (χ2n) is 6.69. The van der Waals surface area contributed by atoms with Crippen LogP contribution in [0, 0.1) is 10.1 Å². The third kappa shape index (κ3) is 4.84. The van der Waals surface area contributed by atoms with Crippen molar-refractivity contribution >= 4 is 11.6 Å². The third-order valence-electron chi connectivity index (χ3n) is 4.78. The molecule has 0 N–H and O–H groups in total. The number of nitro groups is 1. The summed E-state index contributed by atoms with van der Waals surface area (Å²) in [4.78, 5) is 29.4. The van der Waals surface area contributed by atoms with Crippen molar-refractivity contribution in [2.75, 3.05) is 6.54 Å². The van der Waals surface area contributed by atoms with E-state index in [1.807, 2.05) is 36.9 Å². The van der Waals surface area contributed by atoms with Crippen molar-refractivity contribution in [3.05, 3.63) is 76.2 Å². The van der Waals surface area contributed by atoms with Gasteiger partial charge >= 0.3 is 0 Å². The number of aromatic nitrogens is 2. The van der Waals surface area contributed by atoms with Crippen LogP contribution in [0.25, 0.3) is 11.4 Å². The lowest BCUT2D eigenvalue weighted by atomic mass is 10.1. The molecule has 1 heterocycles. The van der Waals surface area contributed by atoms with Crippen molar-refractivity contribution in [3.8, 4) is 11.4 Å². The lowest BCUT2D eigenvalue weighted by Gasteiger charge is -2.28. The Bertz CT molecular complexity index is 970. The molecular weight excluding hydrogens is 372 g/mol. The molecule has 8 heteroatoms. The summed E-state index contributed by atoms with van der Waals surface area (Å²) in [6, 6.07) is 15.2. The summed E-state index contributed by atoms with van der Waals surface area (Å²) in [6.07, 6.45) is 1.25. The van der Waals surface area contributed by atoms with Crippen molar-refractivity contribution in [2.24, 2.45) is 0 Å². The van der Waals surface area contributed by atoms with Crippen molar-refractivity contribution in [2.45, 2.75) is 32.7 Å². The molecule has 0 saturated carbocycles. The van der Waals surface area contributed by atoms with Gasteiger partial charge < -0.3 is 9.42 Å². The highest BCUT2D eigenvalue weighted by atomic mass is 16.6. The second-order valence-corrected chi connectivity index (χ2v) is 6.69. The summed E-state index contributed by atoms with van der Waals surface area (Å²) >= 11 is 0. The number of nitro benzene ring substituents is 1. The molecule has 0 bridgehead atoms. The molecule has 0 aliphatic heterocycles. The average molecular weight is 394 g/mol. The Morgan fingerprint density at radius 2 is 1.86 bits per heavy atom. The molecule has 150 valence electrons. The van der Waals surface area contributed by atoms with Crippen molar-refractivity contribution in [1.82, 2.24) is 15.0 Å². The average Bonchev–Trinajstić information content (AvgIpc) is 3.23. The summed E-state index contributed by atoms with van der Waals surface area (Å²) in [7, 11) is 0. The molecule has 0 aliphatic carbocycles. The van der Waals surface area contributed by atoms with E-state index < -0.39 is 4.92 Å². The van der Waals surface area contributed by atoms with Gasteiger partial charge in [0.15, 0.2) is 0 Å². The number of benzene rings is 2. The van der Waals surface area contributed by atoms with Crippen LogP contribution in [0.3, 0.4) is 0 Å². The van der Waals surface area contributed by atoms with Gasteiger partial charge in [-0.05, 0) is 37.6 Å². The molecule has 2 aromatic carbocycles. The first-order valence-corrected chi connectivity index (χ1v) is 9.43. The van der Waals surface area contributed by atoms with E-state index in [4.69, 9.17) is 4.52 Å². The van der Waals surface area contributed by atoms with Crippen LogP contribution in [0.5, 0.6) is 0 Å². The Morgan fingerprint density at radius 1 is 1.17 bits per heavy atom. The highest BCUT2D eigenvalue weighted by Crippen LogP contribution is 2.20. The van der Waals surface area contributed by atoms with Gasteiger partial charge in [0.1, 0.15) is 0 Å². The zero-order chi connectivity index (χ0) is 20.8. The smallest absolute Gasteiger partial charge is 0.269 e. The summed E-state index contributed by atoms with van der Waals surface area (Å²) in [5, 5.41) is 14.7. The number of non-ortho nitro benzene ring substituents is 1. The molecule has 1 amide bonds. The summed E-state index contributed by atoms with van der Waals surface area (Å²) in [5.74, 6) is 0.738. The van der Waals surface area contributed by atoms with E-state index in [-0.39, 0.29) is 17.6 Å². The van der Waals surface area contributed by atoms with Crippen LogP contribution in [0.15, 0.2) is 59.1 Å². The van der Waals surface area contributed by atoms with E-state index in [9.17, 15) is 14.9 Å². The minimum Gasteiger partial charge on any atom is -0.339 e. The van der Waals surface area contributed by atoms with Crippen molar-refractivity contribution < 1.29 is 14.2 Å². The number of nitrogens with zero attached hydrogens (tertiary/aromatic N) is 4. The van der Waals surface area contributed by atoms with E-state index in [0.717, 1.165) is 6.42 Å². The second kappa shape index (κ2) is 9.09. The first-order valence-electron chi connectivity index (χ1n) is 9.43. The van der Waals surface area contributed by atoms with E-state index in [1.54, 1.807) is 24.3 Å². The largest absolute Gasteiger partial charge is 0.339 e. The molecule has 0 radical (unpaired) electrons. The van der Waals surface area contributed by atoms with Crippen LogP contribution in [-0.4, -0.2) is 38.5 Å². The standard InChI is InChI=1S/C21H22N4O4/c1-3-15(2)24(21(26)17-7-5-4-6-8-17)14-13-19-22-20(23-29-19)16-9-11-18(12-10-16)25(27)28/h4-12,15H,3,13-14H2,1-2H3/t15-/m0/s1. The van der Waals surface area contributed by atoms with Crippen LogP contribution in [0.1, 0.15) is 36.5 Å². The molecule has 8 nitrogen and oxygen atoms in total. The molecule has 3 rings (SSSR count). The first kappa shape index (κ1) is 20.2. The third-order valence-corrected chi connectivity index (χ3v) is 4.78. The quantitative estimate of drug-likeness (QED) is 0.420. The maximum Gasteiger partial charge on any atom is 0.269 e. The molecule has 1 atom stereocenters. The summed E-state index contributed by atoms with van der Waals surface area (Å²) < 4.78 is 5.31. The fourth-order valence-electron chi connectivity index (χ4n) is 2.91. The van der Waals surface area contributed by atoms with Gasteiger partial charge in [-0.2, -0.15) is 4.98 Å². The van der Waals surface area contributed by atoms with Crippen molar-refractivity contribution in [1.29, 1.82) is 0 Å². The molecule has 29 heavy (non-hydrogen) atoms. The van der Waals surface area contributed by atoms with Gasteiger partial charge in [-0.25, -0.2) is 0 Å². The fourth-order valence-corrected chi connectivity index (χ4v) is 2.91. The van der Waals surface area contributed by atoms with Gasteiger partial charge in [0.2, 0.25) is 11.7 Å². The van der Waals surface area contributed by atoms with Crippen LogP contribution < -0.4 is 0 Å². The minimum atomic E-state index is -0.460. The number of hydrogen-bond acceptors (Lipinski definition) is 6. The SMILES string of the molecule is CC[C@H](C)N(CCc1nc(-c2ccc([N+](=O)[O-])cc2)no1)C(=O)c1ccccc1. The van der Waals surface area contributed by atoms with E-state index in [0.29, 0.717) is 35.8 Å². The van der Waals surface area contributed by atoms with Gasteiger partial charge in [0, 0.05) is 42.3 Å². The number of rotatable bonds is 8. The molecular formula is C21H22N4O4. The zero-order valence-electron chi connectivity index (χ0n) is 16.3. The molecule has 0 spiro atoms. The Labute approximate surface area is 168 Å². The molecule has 1 aromatic heterocycles. The summed E-state index contributed by atoms with van der Waals surface area (Å²) in [6.45, 7) is 4.50. The van der Waals surface area contributed by atoms with Gasteiger partial charge in [0.25, 0.3) is 11.6 Å². The van der Waals surface area contributed by atoms with Crippen LogP contribution in [-0.2, 0) is 6.42 Å². The predicted octanol–water partition coefficient (Wildman–Crippen LogP) is 4.13. The van der Waals surface area contributed by atoms with Gasteiger partial charge in [0.05, 0.1) is 4.92 Å². The Hall–Kier alpha value is -3.55. The maximum atomic E-state index is 12.9. The van der Waals surface area contributed by atoms with E-state index in [2.05, 4.69) is 10.1 Å². The molecule has 0 unspecified atom stereocenters. The minimum absolute atomic E-state index is 0.00101. The van der Waals surface area contributed by atoms with Gasteiger partial charge in [-0.3, -0.25) is 14.9 Å². The molecule has 0 fully saturated rings. The maximum absolute atomic E-state index is 12.9. The Balaban J connectivity index is 1.70. The van der Waals surface area contributed by atoms with Crippen molar-refractivity contribution in [3.63, 3.8) is 0 Å². The topological polar surface area (TPSA) is 102 Å². The predicted molar refractivity (Wildman–Crippen MR) is 107 cm³/mol. The lowest BCUT2D eigenvalue weighted by molar-refractivity contribution is -0.384. The Morgan fingerprint density at radius 3 is 2.48 bits per heavy atom. The fraction of sp³-hybridized carbons (Fsp3) is 0.286. The first-order chi connectivity index (χ1) is 14.0. The Kier molecular flexibility index (Phi) is 6.33. The molecule has 0 saturated heterocycles. The van der Waals surface area contributed by atoms with Gasteiger partial charge in [-0.1, -0.05) is 30.3 Å². The number of carbonyl (C=O) groups excluding carboxylic acids is 1. The van der Waals surface area contributed by atoms with E-state index in [1.165, 1.54) is 12.1 Å². The number of hydrogen-bond donors (Lipinski definition) is 0. The van der Waals surface area contributed by atoms with Gasteiger partial charge in [-0.15, -0.1) is 0 Å². The van der Waals surface area contributed by atoms with Crippen LogP contribution >= 0.6 is 0 Å². The number of amides is 1. The highest BCUT2D eigenvalue weighted by Gasteiger charge is 2.21. The normalized spacial score (nSPS) is 11.8. The number of carbonyl (C=O) groups is 1. The van der Waals surface area contributed by atoms with Crippen LogP contribution in [0.2, 0.25) is 0 Å². The highest BCUT2D eigenvalue weighted by molar-refractivity contribution is 5.94.